The molecule has 0 fully saturated rings. The summed E-state index contributed by atoms with van der Waals surface area (Å²) in [6.07, 6.45) is 3.71. The number of aliphatic imine (C=N–C) groups is 1. The van der Waals surface area contributed by atoms with Crippen molar-refractivity contribution >= 4 is 23.6 Å². The van der Waals surface area contributed by atoms with Gasteiger partial charge < -0.3 is 9.84 Å². The van der Waals surface area contributed by atoms with Crippen LogP contribution in [0.15, 0.2) is 58.3 Å². The Morgan fingerprint density at radius 2 is 1.85 bits per heavy atom. The molecule has 0 amide bonds. The number of H-pyrrole nitrogens is 2. The van der Waals surface area contributed by atoms with Crippen LogP contribution in [0, 0.1) is 0 Å². The predicted molar refractivity (Wildman–Crippen MR) is 104 cm³/mol. The van der Waals surface area contributed by atoms with Gasteiger partial charge in [-0.1, -0.05) is 37.3 Å². The number of benzene rings is 2. The van der Waals surface area contributed by atoms with E-state index in [1.807, 2.05) is 54.6 Å². The summed E-state index contributed by atoms with van der Waals surface area (Å²) in [6.45, 7) is 2.07. The zero-order chi connectivity index (χ0) is 18.1. The molecule has 2 aromatic carbocycles. The molecule has 0 spiro atoms. The lowest BCUT2D eigenvalue weighted by molar-refractivity contribution is 0.414. The molecule has 5 heteroatoms. The molecule has 1 aromatic heterocycles. The molecule has 3 aromatic rings. The summed E-state index contributed by atoms with van der Waals surface area (Å²) in [6, 6.07) is 15.8. The van der Waals surface area contributed by atoms with E-state index in [1.165, 1.54) is 0 Å². The topological polar surface area (TPSA) is 70.2 Å². The van der Waals surface area contributed by atoms with Gasteiger partial charge in [0, 0.05) is 23.3 Å². The first-order valence-electron chi connectivity index (χ1n) is 8.47. The first kappa shape index (κ1) is 16.1. The Morgan fingerprint density at radius 3 is 2.62 bits per heavy atom. The summed E-state index contributed by atoms with van der Waals surface area (Å²) in [5.74, 6) is 0.838. The van der Waals surface area contributed by atoms with E-state index in [-0.39, 0.29) is 11.5 Å². The molecule has 1 atom stereocenters. The summed E-state index contributed by atoms with van der Waals surface area (Å²) in [5.41, 5.74) is 5.35. The van der Waals surface area contributed by atoms with Crippen LogP contribution in [0.25, 0.3) is 11.6 Å². The normalized spacial score (nSPS) is 15.2. The lowest BCUT2D eigenvalue weighted by atomic mass is 9.94. The number of hydrogen-bond donors (Lipinski definition) is 2. The number of aromatic amines is 2. The van der Waals surface area contributed by atoms with Gasteiger partial charge in [-0.2, -0.15) is 0 Å². The largest absolute Gasteiger partial charge is 0.497 e. The molecule has 2 N–H and O–H groups in total. The Morgan fingerprint density at radius 1 is 1.08 bits per heavy atom. The molecule has 1 aliphatic rings. The average molecular weight is 345 g/mol. The van der Waals surface area contributed by atoms with Crippen molar-refractivity contribution in [3.05, 3.63) is 81.3 Å². The molecule has 1 aliphatic heterocycles. The van der Waals surface area contributed by atoms with E-state index >= 15 is 0 Å². The van der Waals surface area contributed by atoms with E-state index in [9.17, 15) is 4.79 Å². The van der Waals surface area contributed by atoms with Gasteiger partial charge in [0.15, 0.2) is 0 Å². The van der Waals surface area contributed by atoms with E-state index in [1.54, 1.807) is 13.3 Å². The zero-order valence-corrected chi connectivity index (χ0v) is 14.6. The zero-order valence-electron chi connectivity index (χ0n) is 14.6. The fraction of sp³-hybridized carbons (Fsp3) is 0.143. The molecular weight excluding hydrogens is 326 g/mol. The lowest BCUT2D eigenvalue weighted by Gasteiger charge is -2.12. The second kappa shape index (κ2) is 6.52. The highest BCUT2D eigenvalue weighted by atomic mass is 16.5. The smallest absolute Gasteiger partial charge is 0.271 e. The lowest BCUT2D eigenvalue weighted by Crippen LogP contribution is -2.05. The Labute approximate surface area is 151 Å². The minimum absolute atomic E-state index is 0.0280. The van der Waals surface area contributed by atoms with E-state index < -0.39 is 0 Å². The van der Waals surface area contributed by atoms with E-state index in [0.717, 1.165) is 33.8 Å². The molecule has 1 unspecified atom stereocenters. The second-order valence-corrected chi connectivity index (χ2v) is 6.28. The van der Waals surface area contributed by atoms with Gasteiger partial charge in [-0.15, -0.1) is 0 Å². The summed E-state index contributed by atoms with van der Waals surface area (Å²) in [7, 11) is 1.65. The van der Waals surface area contributed by atoms with Gasteiger partial charge in [0.2, 0.25) is 0 Å². The molecule has 4 rings (SSSR count). The van der Waals surface area contributed by atoms with Crippen LogP contribution in [0.3, 0.4) is 0 Å². The number of fused-ring (bicyclic) bond motifs is 1. The number of methoxy groups -OCH3 is 1. The highest BCUT2D eigenvalue weighted by molar-refractivity contribution is 6.21. The molecule has 0 saturated heterocycles. The van der Waals surface area contributed by atoms with Crippen molar-refractivity contribution in [3.8, 4) is 5.75 Å². The third-order valence-electron chi connectivity index (χ3n) is 4.75. The third kappa shape index (κ3) is 2.77. The number of ether oxygens (including phenoxy) is 1. The van der Waals surface area contributed by atoms with Crippen LogP contribution < -0.4 is 10.3 Å². The minimum atomic E-state index is -0.134. The first-order valence-corrected chi connectivity index (χ1v) is 8.47. The Balaban J connectivity index is 1.73. The van der Waals surface area contributed by atoms with E-state index in [4.69, 9.17) is 4.74 Å². The maximum Gasteiger partial charge on any atom is 0.271 e. The van der Waals surface area contributed by atoms with Crippen LogP contribution in [0.5, 0.6) is 5.75 Å². The number of para-hydroxylation sites is 1. The molecule has 0 bridgehead atoms. The van der Waals surface area contributed by atoms with Crippen molar-refractivity contribution in [2.75, 3.05) is 7.11 Å². The highest BCUT2D eigenvalue weighted by Crippen LogP contribution is 2.33. The Bertz CT molecular complexity index is 1060. The van der Waals surface area contributed by atoms with Crippen LogP contribution in [0.2, 0.25) is 0 Å². The van der Waals surface area contributed by atoms with Crippen LogP contribution in [0.1, 0.15) is 35.2 Å². The molecule has 0 aliphatic carbocycles. The highest BCUT2D eigenvalue weighted by Gasteiger charge is 2.19. The monoisotopic (exact) mass is 345 g/mol. The second-order valence-electron chi connectivity index (χ2n) is 6.28. The van der Waals surface area contributed by atoms with Crippen molar-refractivity contribution in [1.29, 1.82) is 0 Å². The third-order valence-corrected chi connectivity index (χ3v) is 4.75. The molecule has 5 nitrogen and oxygen atoms in total. The van der Waals surface area contributed by atoms with Crippen molar-refractivity contribution in [1.82, 2.24) is 10.2 Å². The van der Waals surface area contributed by atoms with Crippen molar-refractivity contribution in [2.45, 2.75) is 12.8 Å². The van der Waals surface area contributed by atoms with Crippen LogP contribution in [-0.2, 0) is 0 Å². The van der Waals surface area contributed by atoms with Gasteiger partial charge in [-0.25, -0.2) is 0 Å². The van der Waals surface area contributed by atoms with Crippen molar-refractivity contribution in [2.24, 2.45) is 4.99 Å². The maximum atomic E-state index is 12.4. The number of rotatable bonds is 4. The number of nitrogens with zero attached hydrogens (tertiary/aromatic N) is 1. The fourth-order valence-corrected chi connectivity index (χ4v) is 3.23. The van der Waals surface area contributed by atoms with Gasteiger partial charge in [-0.05, 0) is 29.8 Å². The SMILES string of the molecule is COc1ccc(C(C)c2[nH][nH]c(=O)c2C=C2C=Nc3ccccc32)cc1. The summed E-state index contributed by atoms with van der Waals surface area (Å²) in [4.78, 5) is 16.8. The van der Waals surface area contributed by atoms with Gasteiger partial charge in [0.1, 0.15) is 5.75 Å². The molecule has 130 valence electrons. The fourth-order valence-electron chi connectivity index (χ4n) is 3.23. The van der Waals surface area contributed by atoms with Crippen LogP contribution in [0.4, 0.5) is 5.69 Å². The molecule has 2 heterocycles. The van der Waals surface area contributed by atoms with Crippen molar-refractivity contribution in [3.63, 3.8) is 0 Å². The van der Waals surface area contributed by atoms with Gasteiger partial charge >= 0.3 is 0 Å². The number of aromatic nitrogens is 2. The van der Waals surface area contributed by atoms with Gasteiger partial charge in [-0.3, -0.25) is 14.9 Å². The summed E-state index contributed by atoms with van der Waals surface area (Å²) < 4.78 is 5.22. The maximum absolute atomic E-state index is 12.4. The molecule has 0 radical (unpaired) electrons. The quantitative estimate of drug-likeness (QED) is 0.747. The standard InChI is InChI=1S/C21H19N3O2/c1-13(14-7-9-16(26-2)10-8-14)20-18(21(25)24-23-20)11-15-12-22-19-6-4-3-5-17(15)19/h3-13H,1-2H3,(H2,23,24,25). The minimum Gasteiger partial charge on any atom is -0.497 e. The molecule has 0 saturated carbocycles. The van der Waals surface area contributed by atoms with Gasteiger partial charge in [0.25, 0.3) is 5.56 Å². The van der Waals surface area contributed by atoms with Crippen LogP contribution in [-0.4, -0.2) is 23.5 Å². The summed E-state index contributed by atoms with van der Waals surface area (Å²) >= 11 is 0. The predicted octanol–water partition coefficient (Wildman–Crippen LogP) is 4.12. The molecular formula is C21H19N3O2. The number of nitrogens with one attached hydrogen (secondary N) is 2. The van der Waals surface area contributed by atoms with Crippen LogP contribution >= 0.6 is 0 Å². The first-order chi connectivity index (χ1) is 12.7. The Kier molecular flexibility index (Phi) is 4.05. The number of allylic oxidation sites excluding steroid dienone is 1. The van der Waals surface area contributed by atoms with E-state index in [2.05, 4.69) is 22.1 Å². The summed E-state index contributed by atoms with van der Waals surface area (Å²) in [5, 5.41) is 5.76. The average Bonchev–Trinajstić information content (AvgIpc) is 3.26. The number of hydrogen-bond acceptors (Lipinski definition) is 3. The molecule has 26 heavy (non-hydrogen) atoms. The Hall–Kier alpha value is -3.34. The van der Waals surface area contributed by atoms with Crippen molar-refractivity contribution < 1.29 is 4.74 Å². The van der Waals surface area contributed by atoms with E-state index in [0.29, 0.717) is 5.56 Å². The van der Waals surface area contributed by atoms with Gasteiger partial charge in [0.05, 0.1) is 24.1 Å².